The summed E-state index contributed by atoms with van der Waals surface area (Å²) < 4.78 is 16.0. The zero-order valence-electron chi connectivity index (χ0n) is 16.0. The lowest BCUT2D eigenvalue weighted by molar-refractivity contribution is -0.136. The molecular weight excluding hydrogens is 362 g/mol. The van der Waals surface area contributed by atoms with E-state index in [9.17, 15) is 9.59 Å². The molecule has 8 nitrogen and oxygen atoms in total. The maximum atomic E-state index is 11.9. The molecule has 0 heterocycles. The Morgan fingerprint density at radius 2 is 1.68 bits per heavy atom. The van der Waals surface area contributed by atoms with Crippen molar-refractivity contribution in [3.8, 4) is 17.2 Å². The number of nitrogens with zero attached hydrogens (tertiary/aromatic N) is 1. The van der Waals surface area contributed by atoms with Gasteiger partial charge in [0.1, 0.15) is 5.75 Å². The van der Waals surface area contributed by atoms with Crippen LogP contribution in [-0.2, 0) is 9.59 Å². The topological polar surface area (TPSA) is 98.2 Å². The molecule has 0 aliphatic carbocycles. The second kappa shape index (κ2) is 10.6. The summed E-state index contributed by atoms with van der Waals surface area (Å²) in [6.45, 7) is 4.82. The van der Waals surface area contributed by atoms with E-state index in [2.05, 4.69) is 15.8 Å². The summed E-state index contributed by atoms with van der Waals surface area (Å²) in [4.78, 5) is 23.8. The number of methoxy groups -OCH3 is 1. The van der Waals surface area contributed by atoms with Crippen LogP contribution in [0.1, 0.15) is 19.4 Å². The van der Waals surface area contributed by atoms with E-state index in [1.165, 1.54) is 13.3 Å². The predicted octanol–water partition coefficient (Wildman–Crippen LogP) is 2.58. The highest BCUT2D eigenvalue weighted by Gasteiger charge is 2.13. The molecule has 2 amide bonds. The summed E-state index contributed by atoms with van der Waals surface area (Å²) in [5, 5.41) is 6.27. The number of hydrazone groups is 1. The molecule has 0 atom stereocenters. The molecule has 0 aliphatic rings. The van der Waals surface area contributed by atoms with Crippen molar-refractivity contribution in [2.24, 2.45) is 5.10 Å². The third kappa shape index (κ3) is 6.01. The van der Waals surface area contributed by atoms with Crippen LogP contribution in [0, 0.1) is 0 Å². The number of benzene rings is 2. The van der Waals surface area contributed by atoms with Gasteiger partial charge in [-0.15, -0.1) is 0 Å². The smallest absolute Gasteiger partial charge is 0.329 e. The second-order valence-electron chi connectivity index (χ2n) is 5.45. The average molecular weight is 385 g/mol. The quantitative estimate of drug-likeness (QED) is 0.413. The fourth-order valence-electron chi connectivity index (χ4n) is 2.24. The van der Waals surface area contributed by atoms with Crippen LogP contribution in [0.4, 0.5) is 5.69 Å². The van der Waals surface area contributed by atoms with Gasteiger partial charge in [0, 0.05) is 5.69 Å². The highest BCUT2D eigenvalue weighted by atomic mass is 16.5. The van der Waals surface area contributed by atoms with Gasteiger partial charge in [0.2, 0.25) is 0 Å². The van der Waals surface area contributed by atoms with Crippen LogP contribution in [0.2, 0.25) is 0 Å². The predicted molar refractivity (Wildman–Crippen MR) is 106 cm³/mol. The maximum absolute atomic E-state index is 11.9. The molecule has 0 saturated carbocycles. The number of anilines is 1. The lowest BCUT2D eigenvalue weighted by atomic mass is 10.2. The van der Waals surface area contributed by atoms with Gasteiger partial charge in [0.15, 0.2) is 11.5 Å². The first-order valence-corrected chi connectivity index (χ1v) is 8.75. The van der Waals surface area contributed by atoms with E-state index in [0.29, 0.717) is 41.7 Å². The zero-order valence-corrected chi connectivity index (χ0v) is 16.0. The highest BCUT2D eigenvalue weighted by molar-refractivity contribution is 6.39. The fourth-order valence-corrected chi connectivity index (χ4v) is 2.24. The van der Waals surface area contributed by atoms with Crippen LogP contribution >= 0.6 is 0 Å². The molecule has 2 N–H and O–H groups in total. The molecule has 2 aromatic carbocycles. The van der Waals surface area contributed by atoms with E-state index >= 15 is 0 Å². The van der Waals surface area contributed by atoms with Crippen LogP contribution in [-0.4, -0.2) is 38.4 Å². The Bertz CT molecular complexity index is 834. The van der Waals surface area contributed by atoms with Gasteiger partial charge in [-0.25, -0.2) is 5.43 Å². The fraction of sp³-hybridized carbons (Fsp3) is 0.250. The summed E-state index contributed by atoms with van der Waals surface area (Å²) in [6.07, 6.45) is 1.40. The molecule has 0 saturated heterocycles. The molecule has 0 unspecified atom stereocenters. The van der Waals surface area contributed by atoms with Gasteiger partial charge < -0.3 is 19.5 Å². The summed E-state index contributed by atoms with van der Waals surface area (Å²) >= 11 is 0. The summed E-state index contributed by atoms with van der Waals surface area (Å²) in [5.41, 5.74) is 3.33. The van der Waals surface area contributed by atoms with E-state index in [1.54, 1.807) is 42.5 Å². The second-order valence-corrected chi connectivity index (χ2v) is 5.45. The first-order valence-electron chi connectivity index (χ1n) is 8.75. The third-order valence-electron chi connectivity index (χ3n) is 3.50. The van der Waals surface area contributed by atoms with E-state index in [4.69, 9.17) is 14.2 Å². The van der Waals surface area contributed by atoms with Crippen LogP contribution in [0.5, 0.6) is 17.2 Å². The SMILES string of the molecule is CCOc1ccc(NC(=O)C(=O)N/N=C/c2ccc(OCC)c(OC)c2)cc1. The number of rotatable bonds is 8. The first-order chi connectivity index (χ1) is 13.6. The first kappa shape index (κ1) is 20.8. The van der Waals surface area contributed by atoms with Crippen molar-refractivity contribution in [2.45, 2.75) is 13.8 Å². The van der Waals surface area contributed by atoms with Crippen molar-refractivity contribution in [3.05, 3.63) is 48.0 Å². The Morgan fingerprint density at radius 1 is 0.964 bits per heavy atom. The standard InChI is InChI=1S/C20H23N3O5/c1-4-27-16-9-7-15(8-10-16)22-19(24)20(25)23-21-13-14-6-11-17(28-5-2)18(12-14)26-3/h6-13H,4-5H2,1-3H3,(H,22,24)(H,23,25)/b21-13+. The van der Waals surface area contributed by atoms with Gasteiger partial charge in [0.05, 0.1) is 26.5 Å². The van der Waals surface area contributed by atoms with Crippen molar-refractivity contribution in [1.82, 2.24) is 5.43 Å². The lowest BCUT2D eigenvalue weighted by Crippen LogP contribution is -2.32. The minimum atomic E-state index is -0.886. The minimum absolute atomic E-state index is 0.476. The van der Waals surface area contributed by atoms with Crippen molar-refractivity contribution < 1.29 is 23.8 Å². The molecule has 0 aliphatic heterocycles. The molecule has 28 heavy (non-hydrogen) atoms. The average Bonchev–Trinajstić information content (AvgIpc) is 2.70. The van der Waals surface area contributed by atoms with E-state index in [1.807, 2.05) is 13.8 Å². The van der Waals surface area contributed by atoms with Crippen LogP contribution in [0.15, 0.2) is 47.6 Å². The Labute approximate surface area is 163 Å². The summed E-state index contributed by atoms with van der Waals surface area (Å²) in [5.74, 6) is 0.125. The van der Waals surface area contributed by atoms with Gasteiger partial charge in [-0.1, -0.05) is 0 Å². The van der Waals surface area contributed by atoms with Gasteiger partial charge in [-0.2, -0.15) is 5.10 Å². The molecule has 0 bridgehead atoms. The maximum Gasteiger partial charge on any atom is 0.329 e. The summed E-state index contributed by atoms with van der Waals surface area (Å²) in [6, 6.07) is 11.9. The molecule has 2 aromatic rings. The van der Waals surface area contributed by atoms with Crippen molar-refractivity contribution in [2.75, 3.05) is 25.6 Å². The van der Waals surface area contributed by atoms with Crippen molar-refractivity contribution in [1.29, 1.82) is 0 Å². The number of hydrogen-bond donors (Lipinski definition) is 2. The Hall–Kier alpha value is -3.55. The van der Waals surface area contributed by atoms with E-state index in [-0.39, 0.29) is 0 Å². The third-order valence-corrected chi connectivity index (χ3v) is 3.50. The number of carbonyl (C=O) groups excluding carboxylic acids is 2. The largest absolute Gasteiger partial charge is 0.494 e. The van der Waals surface area contributed by atoms with Crippen molar-refractivity contribution in [3.63, 3.8) is 0 Å². The molecule has 8 heteroatoms. The van der Waals surface area contributed by atoms with E-state index < -0.39 is 11.8 Å². The number of ether oxygens (including phenoxy) is 3. The molecule has 0 aromatic heterocycles. The summed E-state index contributed by atoms with van der Waals surface area (Å²) in [7, 11) is 1.53. The van der Waals surface area contributed by atoms with Gasteiger partial charge >= 0.3 is 11.8 Å². The van der Waals surface area contributed by atoms with Gasteiger partial charge in [-0.3, -0.25) is 9.59 Å². The highest BCUT2D eigenvalue weighted by Crippen LogP contribution is 2.27. The number of carbonyl (C=O) groups is 2. The normalized spacial score (nSPS) is 10.4. The molecule has 2 rings (SSSR count). The molecular formula is C20H23N3O5. The number of amides is 2. The van der Waals surface area contributed by atoms with Crippen molar-refractivity contribution >= 4 is 23.7 Å². The lowest BCUT2D eigenvalue weighted by Gasteiger charge is -2.09. The Morgan fingerprint density at radius 3 is 2.32 bits per heavy atom. The van der Waals surface area contributed by atoms with Crippen LogP contribution in [0.3, 0.4) is 0 Å². The molecule has 0 fully saturated rings. The van der Waals surface area contributed by atoms with Gasteiger partial charge in [-0.05, 0) is 61.9 Å². The Kier molecular flexibility index (Phi) is 7.83. The van der Waals surface area contributed by atoms with Crippen LogP contribution in [0.25, 0.3) is 0 Å². The van der Waals surface area contributed by atoms with Crippen LogP contribution < -0.4 is 25.0 Å². The van der Waals surface area contributed by atoms with Gasteiger partial charge in [0.25, 0.3) is 0 Å². The number of nitrogens with one attached hydrogen (secondary N) is 2. The molecule has 148 valence electrons. The monoisotopic (exact) mass is 385 g/mol. The zero-order chi connectivity index (χ0) is 20.4. The Balaban J connectivity index is 1.90. The molecule has 0 spiro atoms. The van der Waals surface area contributed by atoms with E-state index in [0.717, 1.165) is 0 Å². The number of hydrogen-bond acceptors (Lipinski definition) is 6. The molecule has 0 radical (unpaired) electrons. The minimum Gasteiger partial charge on any atom is -0.494 e.